The maximum Gasteiger partial charge on any atom is 0.0535 e. The van der Waals surface area contributed by atoms with Crippen LogP contribution in [0.3, 0.4) is 0 Å². The van der Waals surface area contributed by atoms with Crippen LogP contribution in [0.2, 0.25) is 0 Å². The van der Waals surface area contributed by atoms with Crippen molar-refractivity contribution >= 4 is 21.5 Å². The van der Waals surface area contributed by atoms with Crippen LogP contribution in [0, 0.1) is 0 Å². The highest BCUT2D eigenvalue weighted by atomic mass is 15.0. The summed E-state index contributed by atoms with van der Waals surface area (Å²) >= 11 is 0. The minimum Gasteiger partial charge on any atom is -0.309 e. The van der Waals surface area contributed by atoms with E-state index in [9.17, 15) is 0 Å². The summed E-state index contributed by atoms with van der Waals surface area (Å²) < 4.78 is 2.43. The van der Waals surface area contributed by atoms with Crippen LogP contribution in [0.15, 0.2) is 212 Å². The molecule has 0 bridgehead atoms. The van der Waals surface area contributed by atoms with Gasteiger partial charge in [-0.05, 0) is 119 Å². The third-order valence-electron chi connectivity index (χ3n) is 12.4. The van der Waals surface area contributed by atoms with Crippen molar-refractivity contribution in [3.8, 4) is 72.7 Å². The van der Waals surface area contributed by atoms with Crippen LogP contribution in [-0.2, 0) is 5.41 Å². The van der Waals surface area contributed by atoms with Crippen molar-refractivity contribution in [3.05, 3.63) is 223 Å². The van der Waals surface area contributed by atoms with E-state index in [4.69, 9.17) is 0 Å². The predicted octanol–water partition coefficient (Wildman–Crippen LogP) is 15.4. The Morgan fingerprint density at radius 3 is 1.41 bits per heavy atom. The number of hydrogen-bond acceptors (Lipinski definition) is 0. The SMILES string of the molecule is CC1(C)c2ccccc2-c2ccc(-c3ccc(-c4c5ccccc5c(-c5ccccc5)c5ccc(-n6c(-c7ccccc7)ccc6-c6ccccc6)cc45)cc3)cc21. The van der Waals surface area contributed by atoms with Crippen LogP contribution in [0.4, 0.5) is 0 Å². The number of hydrogen-bond donors (Lipinski definition) is 0. The Morgan fingerprint density at radius 1 is 0.310 bits per heavy atom. The number of nitrogens with zero attached hydrogens (tertiary/aromatic N) is 1. The Balaban J connectivity index is 1.13. The normalized spacial score (nSPS) is 12.8. The molecule has 1 aliphatic carbocycles. The summed E-state index contributed by atoms with van der Waals surface area (Å²) in [6, 6.07) is 78.1. The molecule has 1 nitrogen and oxygen atoms in total. The fourth-order valence-corrected chi connectivity index (χ4v) is 9.63. The quantitative estimate of drug-likeness (QED) is 0.150. The van der Waals surface area contributed by atoms with Gasteiger partial charge in [0.1, 0.15) is 0 Å². The van der Waals surface area contributed by atoms with Gasteiger partial charge in [0.25, 0.3) is 0 Å². The summed E-state index contributed by atoms with van der Waals surface area (Å²) in [6.07, 6.45) is 0. The van der Waals surface area contributed by atoms with Gasteiger partial charge in [-0.1, -0.05) is 196 Å². The van der Waals surface area contributed by atoms with E-state index in [1.54, 1.807) is 0 Å². The van der Waals surface area contributed by atoms with E-state index in [0.717, 1.165) is 17.1 Å². The lowest BCUT2D eigenvalue weighted by Gasteiger charge is -2.22. The van der Waals surface area contributed by atoms with Crippen molar-refractivity contribution in [2.45, 2.75) is 19.3 Å². The second-order valence-corrected chi connectivity index (χ2v) is 16.1. The molecule has 1 aliphatic rings. The lowest BCUT2D eigenvalue weighted by molar-refractivity contribution is 0.660. The molecule has 1 aromatic heterocycles. The summed E-state index contributed by atoms with van der Waals surface area (Å²) in [4.78, 5) is 0. The number of rotatable bonds is 6. The molecule has 0 radical (unpaired) electrons. The van der Waals surface area contributed by atoms with Crippen LogP contribution in [0.1, 0.15) is 25.0 Å². The molecular weight excluding hydrogens is 699 g/mol. The Morgan fingerprint density at radius 2 is 0.776 bits per heavy atom. The van der Waals surface area contributed by atoms with Crippen LogP contribution < -0.4 is 0 Å². The van der Waals surface area contributed by atoms with Crippen LogP contribution in [-0.4, -0.2) is 4.57 Å². The molecule has 0 spiro atoms. The minimum absolute atomic E-state index is 0.0433. The Hall–Kier alpha value is -7.22. The zero-order chi connectivity index (χ0) is 38.8. The molecule has 58 heavy (non-hydrogen) atoms. The van der Waals surface area contributed by atoms with Gasteiger partial charge in [0, 0.05) is 11.1 Å². The topological polar surface area (TPSA) is 4.93 Å². The molecule has 274 valence electrons. The molecular formula is C57H41N. The van der Waals surface area contributed by atoms with Gasteiger partial charge >= 0.3 is 0 Å². The zero-order valence-electron chi connectivity index (χ0n) is 32.7. The molecule has 1 heterocycles. The molecule has 1 heteroatoms. The second-order valence-electron chi connectivity index (χ2n) is 16.1. The molecule has 11 rings (SSSR count). The molecule has 0 unspecified atom stereocenters. The van der Waals surface area contributed by atoms with Gasteiger partial charge in [-0.15, -0.1) is 0 Å². The second kappa shape index (κ2) is 13.5. The van der Waals surface area contributed by atoms with Gasteiger partial charge in [0.05, 0.1) is 11.4 Å². The fourth-order valence-electron chi connectivity index (χ4n) is 9.63. The maximum atomic E-state index is 2.43. The van der Waals surface area contributed by atoms with Gasteiger partial charge in [0.2, 0.25) is 0 Å². The Bertz CT molecular complexity index is 3090. The highest BCUT2D eigenvalue weighted by Gasteiger charge is 2.35. The van der Waals surface area contributed by atoms with E-state index in [0.29, 0.717) is 0 Å². The lowest BCUT2D eigenvalue weighted by atomic mass is 9.81. The summed E-state index contributed by atoms with van der Waals surface area (Å²) in [5, 5.41) is 4.97. The minimum atomic E-state index is -0.0433. The van der Waals surface area contributed by atoms with Gasteiger partial charge < -0.3 is 4.57 Å². The van der Waals surface area contributed by atoms with Crippen molar-refractivity contribution in [1.82, 2.24) is 4.57 Å². The molecule has 0 saturated heterocycles. The van der Waals surface area contributed by atoms with E-state index >= 15 is 0 Å². The van der Waals surface area contributed by atoms with Gasteiger partial charge in [-0.2, -0.15) is 0 Å². The lowest BCUT2D eigenvalue weighted by Crippen LogP contribution is -2.14. The van der Waals surface area contributed by atoms with Crippen LogP contribution >= 0.6 is 0 Å². The van der Waals surface area contributed by atoms with Crippen molar-refractivity contribution in [1.29, 1.82) is 0 Å². The first-order chi connectivity index (χ1) is 28.5. The van der Waals surface area contributed by atoms with Crippen molar-refractivity contribution < 1.29 is 0 Å². The largest absolute Gasteiger partial charge is 0.309 e. The maximum absolute atomic E-state index is 2.43. The fraction of sp³-hybridized carbons (Fsp3) is 0.0526. The number of benzene rings is 9. The van der Waals surface area contributed by atoms with Crippen molar-refractivity contribution in [2.24, 2.45) is 0 Å². The molecule has 0 aliphatic heterocycles. The first-order valence-electron chi connectivity index (χ1n) is 20.3. The number of fused-ring (bicyclic) bond motifs is 5. The van der Waals surface area contributed by atoms with Gasteiger partial charge in [-0.25, -0.2) is 0 Å². The van der Waals surface area contributed by atoms with Gasteiger partial charge in [-0.3, -0.25) is 0 Å². The summed E-state index contributed by atoms with van der Waals surface area (Å²) in [5.41, 5.74) is 18.7. The highest BCUT2D eigenvalue weighted by molar-refractivity contribution is 6.21. The van der Waals surface area contributed by atoms with E-state index in [-0.39, 0.29) is 5.41 Å². The van der Waals surface area contributed by atoms with Crippen molar-refractivity contribution in [2.75, 3.05) is 0 Å². The molecule has 9 aromatic carbocycles. The van der Waals surface area contributed by atoms with Crippen LogP contribution in [0.5, 0.6) is 0 Å². The molecule has 0 N–H and O–H groups in total. The first kappa shape index (κ1) is 34.1. The first-order valence-corrected chi connectivity index (χ1v) is 20.3. The Kier molecular flexibility index (Phi) is 7.91. The monoisotopic (exact) mass is 739 g/mol. The van der Waals surface area contributed by atoms with E-state index in [1.165, 1.54) is 88.3 Å². The average Bonchev–Trinajstić information content (AvgIpc) is 3.83. The predicted molar refractivity (Wildman–Crippen MR) is 246 cm³/mol. The standard InChI is InChI=1S/C57H41N/c1-57(2)51-25-15-14-22-45(51)46-32-30-43(36-52(46)57)38-26-28-42(29-27-38)56-48-24-13-12-23-47(48)55(41-20-10-5-11-21-41)49-33-31-44(37-50(49)56)58-53(39-16-6-3-7-17-39)34-35-54(58)40-18-8-4-9-19-40/h3-37H,1-2H3. The summed E-state index contributed by atoms with van der Waals surface area (Å²) in [7, 11) is 0. The third kappa shape index (κ3) is 5.39. The van der Waals surface area contributed by atoms with E-state index < -0.39 is 0 Å². The number of aromatic nitrogens is 1. The van der Waals surface area contributed by atoms with Crippen LogP contribution in [0.25, 0.3) is 94.3 Å². The smallest absolute Gasteiger partial charge is 0.0535 e. The van der Waals surface area contributed by atoms with Crippen molar-refractivity contribution in [3.63, 3.8) is 0 Å². The molecule has 10 aromatic rings. The average molecular weight is 740 g/mol. The summed E-state index contributed by atoms with van der Waals surface area (Å²) in [6.45, 7) is 4.71. The molecule has 0 atom stereocenters. The molecule has 0 fully saturated rings. The van der Waals surface area contributed by atoms with E-state index in [2.05, 4.69) is 231 Å². The molecule has 0 saturated carbocycles. The van der Waals surface area contributed by atoms with Gasteiger partial charge in [0.15, 0.2) is 0 Å². The zero-order valence-corrected chi connectivity index (χ0v) is 32.7. The third-order valence-corrected chi connectivity index (χ3v) is 12.4. The van der Waals surface area contributed by atoms with E-state index in [1.807, 2.05) is 0 Å². The molecule has 0 amide bonds. The highest BCUT2D eigenvalue weighted by Crippen LogP contribution is 2.50. The summed E-state index contributed by atoms with van der Waals surface area (Å²) in [5.74, 6) is 0. The Labute approximate surface area is 340 Å².